The quantitative estimate of drug-likeness (QED) is 0.738. The lowest BCUT2D eigenvalue weighted by molar-refractivity contribution is -0.198. The Balaban J connectivity index is 1.69. The Hall–Kier alpha value is -1.72. The van der Waals surface area contributed by atoms with Crippen LogP contribution in [0.5, 0.6) is 0 Å². The first-order chi connectivity index (χ1) is 10.0. The predicted molar refractivity (Wildman–Crippen MR) is 76.2 cm³/mol. The van der Waals surface area contributed by atoms with E-state index in [9.17, 15) is 9.59 Å². The molecule has 5 nitrogen and oxygen atoms in total. The second-order valence-corrected chi connectivity index (χ2v) is 6.64. The van der Waals surface area contributed by atoms with Gasteiger partial charge in [0.05, 0.1) is 17.6 Å². The molecular formula is C16H18N2O3. The monoisotopic (exact) mass is 286 g/mol. The minimum atomic E-state index is -0.651. The molecule has 3 aliphatic rings. The molecule has 5 heteroatoms. The molecule has 0 radical (unpaired) electrons. The van der Waals surface area contributed by atoms with E-state index in [2.05, 4.69) is 13.8 Å². The van der Waals surface area contributed by atoms with Crippen molar-refractivity contribution in [1.82, 2.24) is 5.06 Å². The van der Waals surface area contributed by atoms with Gasteiger partial charge < -0.3 is 0 Å². The van der Waals surface area contributed by atoms with Crippen molar-refractivity contribution in [2.75, 3.05) is 4.90 Å². The summed E-state index contributed by atoms with van der Waals surface area (Å²) in [4.78, 5) is 32.5. The lowest BCUT2D eigenvalue weighted by Gasteiger charge is -2.30. The summed E-state index contributed by atoms with van der Waals surface area (Å²) in [5.74, 6) is -0.720. The van der Waals surface area contributed by atoms with Crippen LogP contribution < -0.4 is 4.90 Å². The van der Waals surface area contributed by atoms with Crippen molar-refractivity contribution in [2.24, 2.45) is 5.92 Å². The number of rotatable bonds is 1. The van der Waals surface area contributed by atoms with E-state index in [1.54, 1.807) is 12.1 Å². The highest BCUT2D eigenvalue weighted by molar-refractivity contribution is 6.23. The smallest absolute Gasteiger partial charge is 0.265 e. The van der Waals surface area contributed by atoms with E-state index in [0.29, 0.717) is 5.69 Å². The molecule has 0 N–H and O–H groups in total. The fraction of sp³-hybridized carbons (Fsp3) is 0.500. The lowest BCUT2D eigenvalue weighted by Crippen LogP contribution is -2.44. The highest BCUT2D eigenvalue weighted by Crippen LogP contribution is 2.47. The van der Waals surface area contributed by atoms with Gasteiger partial charge in [-0.25, -0.2) is 4.90 Å². The molecule has 0 aromatic heterocycles. The number of nitrogens with zero attached hydrogens (tertiary/aromatic N) is 2. The molecule has 0 bridgehead atoms. The molecule has 1 aromatic rings. The van der Waals surface area contributed by atoms with Gasteiger partial charge in [-0.2, -0.15) is 5.06 Å². The third-order valence-electron chi connectivity index (χ3n) is 4.90. The number of para-hydroxylation sites is 1. The molecule has 0 saturated carbocycles. The maximum atomic E-state index is 12.7. The van der Waals surface area contributed by atoms with Crippen molar-refractivity contribution in [3.8, 4) is 0 Å². The zero-order valence-corrected chi connectivity index (χ0v) is 12.2. The van der Waals surface area contributed by atoms with Gasteiger partial charge in [0.1, 0.15) is 0 Å². The van der Waals surface area contributed by atoms with Crippen LogP contribution >= 0.6 is 0 Å². The number of anilines is 1. The Labute approximate surface area is 123 Å². The Morgan fingerprint density at radius 1 is 1.14 bits per heavy atom. The summed E-state index contributed by atoms with van der Waals surface area (Å²) < 4.78 is 0. The van der Waals surface area contributed by atoms with Crippen LogP contribution in [0.3, 0.4) is 0 Å². The Kier molecular flexibility index (Phi) is 2.56. The number of amides is 2. The van der Waals surface area contributed by atoms with Gasteiger partial charge in [-0.15, -0.1) is 0 Å². The molecule has 4 rings (SSSR count). The van der Waals surface area contributed by atoms with Crippen LogP contribution in [0.25, 0.3) is 0 Å². The van der Waals surface area contributed by atoms with E-state index >= 15 is 0 Å². The molecule has 0 unspecified atom stereocenters. The van der Waals surface area contributed by atoms with Crippen LogP contribution in [0.15, 0.2) is 30.3 Å². The first kappa shape index (κ1) is 13.0. The van der Waals surface area contributed by atoms with Gasteiger partial charge in [0, 0.05) is 5.54 Å². The van der Waals surface area contributed by atoms with Crippen molar-refractivity contribution in [1.29, 1.82) is 0 Å². The molecule has 21 heavy (non-hydrogen) atoms. The molecule has 3 aliphatic heterocycles. The van der Waals surface area contributed by atoms with Crippen LogP contribution in [0.1, 0.15) is 26.7 Å². The first-order valence-corrected chi connectivity index (χ1v) is 7.40. The number of carbonyl (C=O) groups excluding carboxylic acids is 2. The molecular weight excluding hydrogens is 268 g/mol. The number of hydrogen-bond acceptors (Lipinski definition) is 4. The second-order valence-electron chi connectivity index (χ2n) is 6.64. The summed E-state index contributed by atoms with van der Waals surface area (Å²) in [7, 11) is 0. The standard InChI is InChI=1S/C16H18N2O3/c1-16(2)9-8-11-12-13(21-18(11)16)15(20)17(14(12)19)10-6-4-3-5-7-10/h3-7,11-13H,8-9H2,1-2H3/t11-,12-,13+/m0/s1. The highest BCUT2D eigenvalue weighted by atomic mass is 16.7. The number of fused-ring (bicyclic) bond motifs is 3. The van der Waals surface area contributed by atoms with E-state index in [1.807, 2.05) is 23.3 Å². The number of hydrogen-bond donors (Lipinski definition) is 0. The molecule has 110 valence electrons. The SMILES string of the molecule is CC1(C)CC[C@H]2[C@@H]3C(=O)N(c4ccccc4)C(=O)[C@@H]3ON21. The van der Waals surface area contributed by atoms with E-state index < -0.39 is 6.10 Å². The third kappa shape index (κ3) is 1.64. The van der Waals surface area contributed by atoms with Crippen molar-refractivity contribution in [3.63, 3.8) is 0 Å². The van der Waals surface area contributed by atoms with E-state index in [0.717, 1.165) is 12.8 Å². The summed E-state index contributed by atoms with van der Waals surface area (Å²) in [6.07, 6.45) is 1.23. The molecule has 3 heterocycles. The van der Waals surface area contributed by atoms with Crippen molar-refractivity contribution in [2.45, 2.75) is 44.4 Å². The molecule has 0 aliphatic carbocycles. The minimum Gasteiger partial charge on any atom is -0.284 e. The summed E-state index contributed by atoms with van der Waals surface area (Å²) >= 11 is 0. The fourth-order valence-corrected chi connectivity index (χ4v) is 3.82. The van der Waals surface area contributed by atoms with Crippen molar-refractivity contribution in [3.05, 3.63) is 30.3 Å². The van der Waals surface area contributed by atoms with Gasteiger partial charge in [0.25, 0.3) is 5.91 Å². The molecule has 2 amide bonds. The summed E-state index contributed by atoms with van der Waals surface area (Å²) in [6, 6.07) is 9.12. The normalized spacial score (nSPS) is 34.4. The van der Waals surface area contributed by atoms with E-state index in [4.69, 9.17) is 4.84 Å². The maximum Gasteiger partial charge on any atom is 0.265 e. The topological polar surface area (TPSA) is 49.9 Å². The van der Waals surface area contributed by atoms with E-state index in [-0.39, 0.29) is 29.3 Å². The summed E-state index contributed by atoms with van der Waals surface area (Å²) in [6.45, 7) is 4.19. The zero-order valence-electron chi connectivity index (χ0n) is 12.2. The Morgan fingerprint density at radius 3 is 2.57 bits per heavy atom. The highest BCUT2D eigenvalue weighted by Gasteiger charge is 2.63. The lowest BCUT2D eigenvalue weighted by atomic mass is 9.95. The molecule has 0 spiro atoms. The van der Waals surface area contributed by atoms with Gasteiger partial charge in [-0.3, -0.25) is 14.4 Å². The largest absolute Gasteiger partial charge is 0.284 e. The predicted octanol–water partition coefficient (Wildman–Crippen LogP) is 1.73. The average Bonchev–Trinajstić information content (AvgIpc) is 3.05. The molecule has 1 aromatic carbocycles. The molecule has 3 fully saturated rings. The van der Waals surface area contributed by atoms with Crippen molar-refractivity contribution >= 4 is 17.5 Å². The van der Waals surface area contributed by atoms with Crippen LogP contribution in [-0.2, 0) is 14.4 Å². The average molecular weight is 286 g/mol. The number of imide groups is 1. The molecule has 3 atom stereocenters. The van der Waals surface area contributed by atoms with Crippen LogP contribution in [0.2, 0.25) is 0 Å². The van der Waals surface area contributed by atoms with Gasteiger partial charge in [-0.1, -0.05) is 18.2 Å². The number of hydroxylamine groups is 2. The van der Waals surface area contributed by atoms with Gasteiger partial charge >= 0.3 is 0 Å². The number of benzene rings is 1. The van der Waals surface area contributed by atoms with Crippen LogP contribution in [0, 0.1) is 5.92 Å². The Bertz CT molecular complexity index is 613. The first-order valence-electron chi connectivity index (χ1n) is 7.40. The Morgan fingerprint density at radius 2 is 1.86 bits per heavy atom. The maximum absolute atomic E-state index is 12.7. The summed E-state index contributed by atoms with van der Waals surface area (Å²) in [5, 5.41) is 1.89. The van der Waals surface area contributed by atoms with Crippen LogP contribution in [-0.4, -0.2) is 34.6 Å². The van der Waals surface area contributed by atoms with Gasteiger partial charge in [-0.05, 0) is 38.8 Å². The number of carbonyl (C=O) groups is 2. The minimum absolute atomic E-state index is 0.0233. The van der Waals surface area contributed by atoms with Gasteiger partial charge in [0.2, 0.25) is 5.91 Å². The van der Waals surface area contributed by atoms with E-state index in [1.165, 1.54) is 4.90 Å². The third-order valence-corrected chi connectivity index (χ3v) is 4.90. The van der Waals surface area contributed by atoms with Crippen LogP contribution in [0.4, 0.5) is 5.69 Å². The van der Waals surface area contributed by atoms with Gasteiger partial charge in [0.15, 0.2) is 6.10 Å². The zero-order chi connectivity index (χ0) is 14.8. The fourth-order valence-electron chi connectivity index (χ4n) is 3.82. The summed E-state index contributed by atoms with van der Waals surface area (Å²) in [5.41, 5.74) is 0.530. The van der Waals surface area contributed by atoms with Crippen molar-refractivity contribution < 1.29 is 14.4 Å². The second kappa shape index (κ2) is 4.15. The molecule has 3 saturated heterocycles.